The molecule has 3 heteroatoms. The average Bonchev–Trinajstić information content (AvgIpc) is 2.90. The van der Waals surface area contributed by atoms with Gasteiger partial charge in [-0.1, -0.05) is 18.2 Å². The Morgan fingerprint density at radius 2 is 2.05 bits per heavy atom. The number of rotatable bonds is 2. The Balaban J connectivity index is 1.84. The molecule has 1 aliphatic rings. The van der Waals surface area contributed by atoms with E-state index in [0.717, 1.165) is 31.5 Å². The van der Waals surface area contributed by atoms with Crippen LogP contribution in [0.15, 0.2) is 53.2 Å². The van der Waals surface area contributed by atoms with Crippen molar-refractivity contribution in [1.82, 2.24) is 0 Å². The van der Waals surface area contributed by atoms with E-state index in [0.29, 0.717) is 5.76 Å². The van der Waals surface area contributed by atoms with Crippen LogP contribution in [-0.4, -0.2) is 12.5 Å². The van der Waals surface area contributed by atoms with E-state index in [4.69, 9.17) is 4.42 Å². The molecule has 3 nitrogen and oxygen atoms in total. The van der Waals surface area contributed by atoms with Gasteiger partial charge in [0.25, 0.3) is 5.91 Å². The number of carbonyl (C=O) groups is 1. The summed E-state index contributed by atoms with van der Waals surface area (Å²) in [6.45, 7) is 0.776. The molecule has 0 saturated heterocycles. The van der Waals surface area contributed by atoms with Crippen molar-refractivity contribution in [2.45, 2.75) is 19.3 Å². The van der Waals surface area contributed by atoms with E-state index in [-0.39, 0.29) is 5.91 Å². The average molecular weight is 267 g/mol. The van der Waals surface area contributed by atoms with Crippen molar-refractivity contribution in [3.8, 4) is 0 Å². The van der Waals surface area contributed by atoms with Gasteiger partial charge >= 0.3 is 0 Å². The summed E-state index contributed by atoms with van der Waals surface area (Å²) in [5, 5.41) is 0. The fourth-order valence-electron chi connectivity index (χ4n) is 2.55. The molecule has 2 aromatic rings. The van der Waals surface area contributed by atoms with E-state index in [1.54, 1.807) is 18.4 Å². The van der Waals surface area contributed by atoms with Crippen molar-refractivity contribution in [2.24, 2.45) is 0 Å². The Kier molecular flexibility index (Phi) is 3.68. The van der Waals surface area contributed by atoms with Gasteiger partial charge in [0.05, 0.1) is 6.26 Å². The van der Waals surface area contributed by atoms with Crippen LogP contribution in [0.5, 0.6) is 0 Å². The van der Waals surface area contributed by atoms with E-state index < -0.39 is 0 Å². The number of furan rings is 1. The summed E-state index contributed by atoms with van der Waals surface area (Å²) in [4.78, 5) is 14.3. The van der Waals surface area contributed by atoms with E-state index in [1.165, 1.54) is 5.56 Å². The van der Waals surface area contributed by atoms with Crippen LogP contribution >= 0.6 is 0 Å². The maximum absolute atomic E-state index is 12.4. The highest BCUT2D eigenvalue weighted by atomic mass is 16.3. The Bertz CT molecular complexity index is 614. The normalized spacial score (nSPS) is 15.1. The zero-order valence-electron chi connectivity index (χ0n) is 11.3. The quantitative estimate of drug-likeness (QED) is 0.778. The molecule has 0 atom stereocenters. The first kappa shape index (κ1) is 12.7. The second-order valence-corrected chi connectivity index (χ2v) is 4.92. The van der Waals surface area contributed by atoms with Crippen molar-refractivity contribution in [3.05, 3.63) is 60.1 Å². The van der Waals surface area contributed by atoms with E-state index in [9.17, 15) is 4.79 Å². The molecular formula is C17H17NO2. The number of para-hydroxylation sites is 1. The molecule has 0 radical (unpaired) electrons. The highest BCUT2D eigenvalue weighted by Gasteiger charge is 2.18. The zero-order chi connectivity index (χ0) is 13.8. The van der Waals surface area contributed by atoms with Crippen molar-refractivity contribution in [3.63, 3.8) is 0 Å². The Morgan fingerprint density at radius 1 is 1.15 bits per heavy atom. The molecule has 1 aliphatic heterocycles. The number of amides is 1. The first-order valence-corrected chi connectivity index (χ1v) is 6.95. The molecule has 20 heavy (non-hydrogen) atoms. The van der Waals surface area contributed by atoms with E-state index in [2.05, 4.69) is 6.07 Å². The topological polar surface area (TPSA) is 33.5 Å². The minimum atomic E-state index is 0.00995. The SMILES string of the molecule is O=C(C=Cc1ccco1)N1CCCCc2ccccc21. The van der Waals surface area contributed by atoms with Crippen LogP contribution in [-0.2, 0) is 11.2 Å². The lowest BCUT2D eigenvalue weighted by Gasteiger charge is -2.21. The predicted molar refractivity (Wildman–Crippen MR) is 79.5 cm³/mol. The van der Waals surface area contributed by atoms with Gasteiger partial charge in [-0.15, -0.1) is 0 Å². The third-order valence-electron chi connectivity index (χ3n) is 3.56. The molecule has 0 fully saturated rings. The lowest BCUT2D eigenvalue weighted by Crippen LogP contribution is -2.30. The lowest BCUT2D eigenvalue weighted by molar-refractivity contribution is -0.114. The number of carbonyl (C=O) groups excluding carboxylic acids is 1. The van der Waals surface area contributed by atoms with Gasteiger partial charge in [0.2, 0.25) is 0 Å². The van der Waals surface area contributed by atoms with Crippen LogP contribution in [0.2, 0.25) is 0 Å². The van der Waals surface area contributed by atoms with Crippen LogP contribution in [0.1, 0.15) is 24.2 Å². The number of hydrogen-bond acceptors (Lipinski definition) is 2. The summed E-state index contributed by atoms with van der Waals surface area (Å²) in [6.07, 6.45) is 8.11. The second kappa shape index (κ2) is 5.78. The fourth-order valence-corrected chi connectivity index (χ4v) is 2.55. The maximum Gasteiger partial charge on any atom is 0.251 e. The van der Waals surface area contributed by atoms with Crippen LogP contribution in [0.3, 0.4) is 0 Å². The summed E-state index contributed by atoms with van der Waals surface area (Å²) in [5.74, 6) is 0.706. The van der Waals surface area contributed by atoms with E-state index in [1.807, 2.05) is 35.2 Å². The summed E-state index contributed by atoms with van der Waals surface area (Å²) in [6, 6.07) is 11.8. The molecule has 0 spiro atoms. The Morgan fingerprint density at radius 3 is 2.90 bits per heavy atom. The Labute approximate surface area is 118 Å². The van der Waals surface area contributed by atoms with Gasteiger partial charge in [0.15, 0.2) is 0 Å². The number of anilines is 1. The highest BCUT2D eigenvalue weighted by molar-refractivity contribution is 6.04. The molecular weight excluding hydrogens is 250 g/mol. The first-order chi connectivity index (χ1) is 9.84. The third kappa shape index (κ3) is 2.67. The van der Waals surface area contributed by atoms with Gasteiger partial charge < -0.3 is 9.32 Å². The molecule has 3 rings (SSSR count). The van der Waals surface area contributed by atoms with Gasteiger partial charge in [-0.3, -0.25) is 4.79 Å². The zero-order valence-corrected chi connectivity index (χ0v) is 11.3. The van der Waals surface area contributed by atoms with Crippen LogP contribution in [0.25, 0.3) is 6.08 Å². The maximum atomic E-state index is 12.4. The summed E-state index contributed by atoms with van der Waals surface area (Å²) in [5.41, 5.74) is 2.30. The highest BCUT2D eigenvalue weighted by Crippen LogP contribution is 2.26. The standard InChI is InChI=1S/C17H17NO2/c19-17(11-10-15-8-5-13-20-15)18-12-4-3-7-14-6-1-2-9-16(14)18/h1-2,5-6,8-11,13H,3-4,7,12H2. The Hall–Kier alpha value is -2.29. The number of hydrogen-bond donors (Lipinski definition) is 0. The van der Waals surface area contributed by atoms with Crippen LogP contribution in [0, 0.1) is 0 Å². The van der Waals surface area contributed by atoms with Gasteiger partial charge in [-0.25, -0.2) is 0 Å². The third-order valence-corrected chi connectivity index (χ3v) is 3.56. The summed E-state index contributed by atoms with van der Waals surface area (Å²) in [7, 11) is 0. The molecule has 1 aromatic carbocycles. The van der Waals surface area contributed by atoms with Crippen LogP contribution < -0.4 is 4.90 Å². The van der Waals surface area contributed by atoms with Crippen molar-refractivity contribution in [2.75, 3.05) is 11.4 Å². The molecule has 2 heterocycles. The largest absolute Gasteiger partial charge is 0.465 e. The minimum absolute atomic E-state index is 0.00995. The molecule has 102 valence electrons. The van der Waals surface area contributed by atoms with Gasteiger partial charge in [0.1, 0.15) is 5.76 Å². The molecule has 1 aromatic heterocycles. The molecule has 0 N–H and O–H groups in total. The minimum Gasteiger partial charge on any atom is -0.465 e. The molecule has 0 unspecified atom stereocenters. The molecule has 0 aliphatic carbocycles. The molecule has 1 amide bonds. The number of benzene rings is 1. The number of aryl methyl sites for hydroxylation is 1. The monoisotopic (exact) mass is 267 g/mol. The first-order valence-electron chi connectivity index (χ1n) is 6.95. The predicted octanol–water partition coefficient (Wildman–Crippen LogP) is 3.66. The number of nitrogens with zero attached hydrogens (tertiary/aromatic N) is 1. The van der Waals surface area contributed by atoms with Crippen molar-refractivity contribution < 1.29 is 9.21 Å². The van der Waals surface area contributed by atoms with Gasteiger partial charge in [0, 0.05) is 18.3 Å². The van der Waals surface area contributed by atoms with Gasteiger partial charge in [-0.2, -0.15) is 0 Å². The second-order valence-electron chi connectivity index (χ2n) is 4.92. The van der Waals surface area contributed by atoms with Gasteiger partial charge in [-0.05, 0) is 49.1 Å². The van der Waals surface area contributed by atoms with E-state index >= 15 is 0 Å². The summed E-state index contributed by atoms with van der Waals surface area (Å²) >= 11 is 0. The van der Waals surface area contributed by atoms with Crippen molar-refractivity contribution >= 4 is 17.7 Å². The fraction of sp³-hybridized carbons (Fsp3) is 0.235. The van der Waals surface area contributed by atoms with Crippen LogP contribution in [0.4, 0.5) is 5.69 Å². The lowest BCUT2D eigenvalue weighted by atomic mass is 10.1. The molecule has 0 bridgehead atoms. The summed E-state index contributed by atoms with van der Waals surface area (Å²) < 4.78 is 5.21. The van der Waals surface area contributed by atoms with Crippen molar-refractivity contribution in [1.29, 1.82) is 0 Å². The smallest absolute Gasteiger partial charge is 0.251 e. The molecule has 0 saturated carbocycles. The number of fused-ring (bicyclic) bond motifs is 1.